The van der Waals surface area contributed by atoms with Gasteiger partial charge >= 0.3 is 0 Å². The Balaban J connectivity index is 1.57. The summed E-state index contributed by atoms with van der Waals surface area (Å²) in [6.07, 6.45) is 10.9. The summed E-state index contributed by atoms with van der Waals surface area (Å²) in [4.78, 5) is 8.97. The second-order valence-corrected chi connectivity index (χ2v) is 5.93. The molecule has 0 spiro atoms. The molecule has 3 rings (SSSR count). The highest BCUT2D eigenvalue weighted by molar-refractivity contribution is 5.71. The third kappa shape index (κ3) is 4.10. The minimum atomic E-state index is 0.573. The maximum Gasteiger partial charge on any atom is 0.233 e. The highest BCUT2D eigenvalue weighted by Gasteiger charge is 2.08. The van der Waals surface area contributed by atoms with Crippen molar-refractivity contribution in [1.29, 1.82) is 0 Å². The predicted octanol–water partition coefficient (Wildman–Crippen LogP) is 4.55. The van der Waals surface area contributed by atoms with Crippen LogP contribution >= 0.6 is 0 Å². The van der Waals surface area contributed by atoms with Gasteiger partial charge in [0.25, 0.3) is 0 Å². The van der Waals surface area contributed by atoms with E-state index in [-0.39, 0.29) is 0 Å². The van der Waals surface area contributed by atoms with Crippen molar-refractivity contribution < 1.29 is 4.74 Å². The number of rotatable bonds is 9. The predicted molar refractivity (Wildman–Crippen MR) is 95.5 cm³/mol. The normalized spacial score (nSPS) is 11.0. The molecule has 5 heteroatoms. The number of benzene rings is 1. The van der Waals surface area contributed by atoms with Crippen LogP contribution in [-0.2, 0) is 0 Å². The summed E-state index contributed by atoms with van der Waals surface area (Å²) in [6, 6.07) is 9.94. The molecule has 1 aromatic carbocycles. The van der Waals surface area contributed by atoms with E-state index in [1.165, 1.54) is 32.1 Å². The Morgan fingerprint density at radius 1 is 0.958 bits per heavy atom. The zero-order valence-corrected chi connectivity index (χ0v) is 14.2. The summed E-state index contributed by atoms with van der Waals surface area (Å²) in [6.45, 7) is 2.93. The molecule has 126 valence electrons. The molecular formula is C19H24N4O. The maximum atomic E-state index is 5.72. The molecule has 0 unspecified atom stereocenters. The molecule has 3 aromatic rings. The lowest BCUT2D eigenvalue weighted by Gasteiger charge is -2.05. The first-order chi connectivity index (χ1) is 11.9. The Kier molecular flexibility index (Phi) is 5.77. The summed E-state index contributed by atoms with van der Waals surface area (Å²) in [5.74, 6) is 0.573. The zero-order chi connectivity index (χ0) is 16.6. The Bertz CT molecular complexity index is 754. The van der Waals surface area contributed by atoms with Gasteiger partial charge in [0.1, 0.15) is 5.52 Å². The van der Waals surface area contributed by atoms with E-state index < -0.39 is 0 Å². The van der Waals surface area contributed by atoms with Gasteiger partial charge in [-0.15, -0.1) is 0 Å². The van der Waals surface area contributed by atoms with Gasteiger partial charge in [-0.2, -0.15) is 5.10 Å². The van der Waals surface area contributed by atoms with Crippen LogP contribution in [-0.4, -0.2) is 26.4 Å². The Morgan fingerprint density at radius 2 is 1.75 bits per heavy atom. The van der Waals surface area contributed by atoms with Crippen LogP contribution < -0.4 is 4.74 Å². The lowest BCUT2D eigenvalue weighted by atomic mass is 10.1. The van der Waals surface area contributed by atoms with Gasteiger partial charge < -0.3 is 4.74 Å². The van der Waals surface area contributed by atoms with E-state index in [0.29, 0.717) is 12.5 Å². The standard InChI is InChI=1S/C19H24N4O/c1-2-3-4-5-6-10-13-24-18-15-20-19-17(22-18)14-21-23(19)16-11-8-7-9-12-16/h7-9,11-12,14-15H,2-6,10,13H2,1H3. The molecule has 0 aliphatic rings. The van der Waals surface area contributed by atoms with Gasteiger partial charge in [-0.25, -0.2) is 14.6 Å². The molecular weight excluding hydrogens is 300 g/mol. The molecule has 0 saturated carbocycles. The Labute approximate surface area is 142 Å². The number of unbranched alkanes of at least 4 members (excludes halogenated alkanes) is 5. The molecule has 0 atom stereocenters. The number of hydrogen-bond donors (Lipinski definition) is 0. The van der Waals surface area contributed by atoms with Gasteiger partial charge in [-0.05, 0) is 18.6 Å². The first kappa shape index (κ1) is 16.4. The lowest BCUT2D eigenvalue weighted by molar-refractivity contribution is 0.293. The molecule has 0 amide bonds. The SMILES string of the molecule is CCCCCCCCOc1cnc2c(cnn2-c2ccccc2)n1. The van der Waals surface area contributed by atoms with Crippen LogP contribution in [0.15, 0.2) is 42.7 Å². The fourth-order valence-corrected chi connectivity index (χ4v) is 2.68. The number of para-hydroxylation sites is 1. The minimum Gasteiger partial charge on any atom is -0.477 e. The van der Waals surface area contributed by atoms with Gasteiger partial charge in [0.15, 0.2) is 5.65 Å². The van der Waals surface area contributed by atoms with Crippen LogP contribution in [0.5, 0.6) is 5.88 Å². The van der Waals surface area contributed by atoms with Crippen molar-refractivity contribution in [3.63, 3.8) is 0 Å². The van der Waals surface area contributed by atoms with Crippen molar-refractivity contribution in [3.05, 3.63) is 42.7 Å². The van der Waals surface area contributed by atoms with E-state index >= 15 is 0 Å². The Hall–Kier alpha value is -2.43. The third-order valence-corrected chi connectivity index (χ3v) is 4.00. The van der Waals surface area contributed by atoms with Crippen LogP contribution in [0.25, 0.3) is 16.9 Å². The van der Waals surface area contributed by atoms with Gasteiger partial charge in [0.05, 0.1) is 24.7 Å². The largest absolute Gasteiger partial charge is 0.477 e. The molecule has 24 heavy (non-hydrogen) atoms. The molecule has 0 aliphatic carbocycles. The van der Waals surface area contributed by atoms with Gasteiger partial charge in [0, 0.05) is 0 Å². The first-order valence-electron chi connectivity index (χ1n) is 8.77. The van der Waals surface area contributed by atoms with Crippen LogP contribution in [0.2, 0.25) is 0 Å². The van der Waals surface area contributed by atoms with Gasteiger partial charge in [0.2, 0.25) is 5.88 Å². The van der Waals surface area contributed by atoms with E-state index in [9.17, 15) is 0 Å². The molecule has 0 aliphatic heterocycles. The highest BCUT2D eigenvalue weighted by Crippen LogP contribution is 2.17. The van der Waals surface area contributed by atoms with Crippen molar-refractivity contribution in [1.82, 2.24) is 19.7 Å². The van der Waals surface area contributed by atoms with Crippen LogP contribution in [0.4, 0.5) is 0 Å². The summed E-state index contributed by atoms with van der Waals surface area (Å²) < 4.78 is 7.52. The van der Waals surface area contributed by atoms with E-state index in [1.807, 2.05) is 30.3 Å². The van der Waals surface area contributed by atoms with Crippen molar-refractivity contribution in [2.24, 2.45) is 0 Å². The number of hydrogen-bond acceptors (Lipinski definition) is 4. The quantitative estimate of drug-likeness (QED) is 0.542. The fourth-order valence-electron chi connectivity index (χ4n) is 2.68. The van der Waals surface area contributed by atoms with E-state index in [2.05, 4.69) is 22.0 Å². The maximum absolute atomic E-state index is 5.72. The second-order valence-electron chi connectivity index (χ2n) is 5.93. The number of nitrogens with zero attached hydrogens (tertiary/aromatic N) is 4. The summed E-state index contributed by atoms with van der Waals surface area (Å²) in [5, 5.41) is 4.38. The fraction of sp³-hybridized carbons (Fsp3) is 0.421. The van der Waals surface area contributed by atoms with Crippen molar-refractivity contribution in [3.8, 4) is 11.6 Å². The molecule has 5 nitrogen and oxygen atoms in total. The molecule has 0 bridgehead atoms. The molecule has 0 N–H and O–H groups in total. The Morgan fingerprint density at radius 3 is 2.58 bits per heavy atom. The molecule has 2 aromatic heterocycles. The first-order valence-corrected chi connectivity index (χ1v) is 8.77. The zero-order valence-electron chi connectivity index (χ0n) is 14.2. The average molecular weight is 324 g/mol. The summed E-state index contributed by atoms with van der Waals surface area (Å²) in [5.41, 5.74) is 2.47. The summed E-state index contributed by atoms with van der Waals surface area (Å²) >= 11 is 0. The average Bonchev–Trinajstić information content (AvgIpc) is 3.05. The van der Waals surface area contributed by atoms with E-state index in [1.54, 1.807) is 17.1 Å². The van der Waals surface area contributed by atoms with Gasteiger partial charge in [-0.1, -0.05) is 57.2 Å². The smallest absolute Gasteiger partial charge is 0.233 e. The topological polar surface area (TPSA) is 52.8 Å². The van der Waals surface area contributed by atoms with Crippen molar-refractivity contribution >= 4 is 11.2 Å². The lowest BCUT2D eigenvalue weighted by Crippen LogP contribution is -2.01. The van der Waals surface area contributed by atoms with E-state index in [0.717, 1.165) is 23.3 Å². The minimum absolute atomic E-state index is 0.573. The van der Waals surface area contributed by atoms with Crippen LogP contribution in [0.3, 0.4) is 0 Å². The number of ether oxygens (including phenoxy) is 1. The van der Waals surface area contributed by atoms with Crippen LogP contribution in [0.1, 0.15) is 45.4 Å². The molecule has 0 fully saturated rings. The second kappa shape index (κ2) is 8.43. The summed E-state index contributed by atoms with van der Waals surface area (Å²) in [7, 11) is 0. The highest BCUT2D eigenvalue weighted by atomic mass is 16.5. The van der Waals surface area contributed by atoms with Gasteiger partial charge in [-0.3, -0.25) is 0 Å². The molecule has 2 heterocycles. The van der Waals surface area contributed by atoms with Crippen molar-refractivity contribution in [2.45, 2.75) is 45.4 Å². The monoisotopic (exact) mass is 324 g/mol. The van der Waals surface area contributed by atoms with Crippen molar-refractivity contribution in [2.75, 3.05) is 6.61 Å². The third-order valence-electron chi connectivity index (χ3n) is 4.00. The number of aromatic nitrogens is 4. The number of fused-ring (bicyclic) bond motifs is 1. The van der Waals surface area contributed by atoms with Crippen LogP contribution in [0, 0.1) is 0 Å². The van der Waals surface area contributed by atoms with E-state index in [4.69, 9.17) is 4.74 Å². The molecule has 0 saturated heterocycles. The molecule has 0 radical (unpaired) electrons.